The maximum Gasteiger partial charge on any atom is 0.0228 e. The summed E-state index contributed by atoms with van der Waals surface area (Å²) in [6.07, 6.45) is 9.21. The molecule has 6 aliphatic rings. The van der Waals surface area contributed by atoms with Crippen molar-refractivity contribution < 1.29 is 0 Å². The van der Waals surface area contributed by atoms with E-state index in [4.69, 9.17) is 0 Å². The Balaban J connectivity index is 1.42. The Morgan fingerprint density at radius 3 is 2.08 bits per heavy atom. The quantitative estimate of drug-likeness (QED) is 0.420. The number of fused-ring (bicyclic) bond motifs is 6. The van der Waals surface area contributed by atoms with E-state index in [-0.39, 0.29) is 0 Å². The average Bonchev–Trinajstić information content (AvgIpc) is 3.18. The fraction of sp³-hybridized carbons (Fsp3) is 1.00. The van der Waals surface area contributed by atoms with Crippen LogP contribution < -0.4 is 0 Å². The molecule has 0 amide bonds. The molecule has 0 nitrogen and oxygen atoms in total. The lowest BCUT2D eigenvalue weighted by Crippen LogP contribution is -2.60. The van der Waals surface area contributed by atoms with Gasteiger partial charge >= 0.3 is 0 Å². The highest BCUT2D eigenvalue weighted by atomic mass is 33.1. The molecule has 4 heteroatoms. The van der Waals surface area contributed by atoms with Crippen molar-refractivity contribution in [2.24, 2.45) is 47.3 Å². The molecule has 2 heterocycles. The lowest BCUT2D eigenvalue weighted by atomic mass is 9.52. The summed E-state index contributed by atoms with van der Waals surface area (Å²) in [6, 6.07) is 0. The van der Waals surface area contributed by atoms with Gasteiger partial charge in [-0.25, -0.2) is 0 Å². The van der Waals surface area contributed by atoms with E-state index < -0.39 is 0 Å². The second-order valence-electron chi connectivity index (χ2n) is 9.79. The summed E-state index contributed by atoms with van der Waals surface area (Å²) in [6.45, 7) is 5.14. The predicted molar refractivity (Wildman–Crippen MR) is 112 cm³/mol. The topological polar surface area (TPSA) is 0 Å². The first-order chi connectivity index (χ1) is 11.7. The van der Waals surface area contributed by atoms with Gasteiger partial charge in [0.2, 0.25) is 0 Å². The summed E-state index contributed by atoms with van der Waals surface area (Å²) >= 11 is 0. The van der Waals surface area contributed by atoms with Crippen molar-refractivity contribution in [1.82, 2.24) is 0 Å². The van der Waals surface area contributed by atoms with Gasteiger partial charge in [0.1, 0.15) is 0 Å². The molecule has 0 bridgehead atoms. The summed E-state index contributed by atoms with van der Waals surface area (Å²) in [7, 11) is 9.51. The molecule has 4 aliphatic carbocycles. The third kappa shape index (κ3) is 2.12. The lowest BCUT2D eigenvalue weighted by Gasteiger charge is -2.57. The van der Waals surface area contributed by atoms with E-state index in [0.717, 1.165) is 68.3 Å². The zero-order valence-corrected chi connectivity index (χ0v) is 18.1. The molecule has 134 valence electrons. The molecule has 0 aromatic carbocycles. The fourth-order valence-electron chi connectivity index (χ4n) is 7.82. The van der Waals surface area contributed by atoms with E-state index in [1.807, 2.05) is 0 Å². The summed E-state index contributed by atoms with van der Waals surface area (Å²) in [4.78, 5) is 0. The van der Waals surface area contributed by atoms with E-state index in [2.05, 4.69) is 57.0 Å². The van der Waals surface area contributed by atoms with Crippen LogP contribution in [0.2, 0.25) is 0 Å². The molecule has 2 saturated heterocycles. The minimum absolute atomic E-state index is 0.994. The van der Waals surface area contributed by atoms with Crippen molar-refractivity contribution in [1.29, 1.82) is 0 Å². The van der Waals surface area contributed by atoms with Gasteiger partial charge in [0, 0.05) is 21.0 Å². The second-order valence-corrected chi connectivity index (χ2v) is 15.0. The maximum absolute atomic E-state index is 2.61. The van der Waals surface area contributed by atoms with Gasteiger partial charge < -0.3 is 0 Å². The van der Waals surface area contributed by atoms with E-state index in [1.165, 1.54) is 19.3 Å². The van der Waals surface area contributed by atoms with Crippen LogP contribution in [0.15, 0.2) is 0 Å². The molecule has 0 radical (unpaired) electrons. The van der Waals surface area contributed by atoms with E-state index in [9.17, 15) is 0 Å². The van der Waals surface area contributed by atoms with Crippen molar-refractivity contribution in [2.75, 3.05) is 0 Å². The Hall–Kier alpha value is 1.40. The first-order valence-electron chi connectivity index (χ1n) is 10.4. The Bertz CT molecular complexity index is 514. The van der Waals surface area contributed by atoms with Crippen molar-refractivity contribution in [2.45, 2.75) is 73.4 Å². The standard InChI is InChI=1S/C20H30S4/c1-9-6-7-11-13(8-9)19-15-16-17(11)21-24-20(16)14-10(2)4-3-5-12(14)18(15)22-23-19/h9-20H,3-8H2,1-2H3. The summed E-state index contributed by atoms with van der Waals surface area (Å²) in [5.74, 6) is 8.39. The van der Waals surface area contributed by atoms with Gasteiger partial charge in [0.05, 0.1) is 0 Å². The Labute approximate surface area is 163 Å². The molecule has 6 fully saturated rings. The van der Waals surface area contributed by atoms with Crippen LogP contribution in [0.25, 0.3) is 0 Å². The monoisotopic (exact) mass is 398 g/mol. The zero-order valence-electron chi connectivity index (χ0n) is 14.8. The highest BCUT2D eigenvalue weighted by Crippen LogP contribution is 2.74. The molecular weight excluding hydrogens is 368 g/mol. The molecule has 24 heavy (non-hydrogen) atoms. The largest absolute Gasteiger partial charge is 0.0898 e. The van der Waals surface area contributed by atoms with Crippen molar-refractivity contribution in [3.05, 3.63) is 0 Å². The Morgan fingerprint density at radius 1 is 0.583 bits per heavy atom. The van der Waals surface area contributed by atoms with Crippen LogP contribution in [0, 0.1) is 47.3 Å². The Morgan fingerprint density at radius 2 is 1.25 bits per heavy atom. The number of hydrogen-bond donors (Lipinski definition) is 0. The smallest absolute Gasteiger partial charge is 0.0228 e. The fourth-order valence-corrected chi connectivity index (χ4v) is 17.2. The van der Waals surface area contributed by atoms with E-state index in [0.29, 0.717) is 0 Å². The van der Waals surface area contributed by atoms with Gasteiger partial charge in [-0.05, 0) is 66.6 Å². The van der Waals surface area contributed by atoms with Crippen molar-refractivity contribution >= 4 is 43.2 Å². The van der Waals surface area contributed by atoms with Gasteiger partial charge in [-0.15, -0.1) is 0 Å². The summed E-state index contributed by atoms with van der Waals surface area (Å²) < 4.78 is 0. The van der Waals surface area contributed by atoms with E-state index in [1.54, 1.807) is 19.3 Å². The van der Waals surface area contributed by atoms with Crippen LogP contribution >= 0.6 is 43.2 Å². The normalized spacial score (nSPS) is 64.2. The third-order valence-electron chi connectivity index (χ3n) is 8.73. The minimum Gasteiger partial charge on any atom is -0.0898 e. The number of hydrogen-bond acceptors (Lipinski definition) is 4. The molecule has 0 N–H and O–H groups in total. The van der Waals surface area contributed by atoms with Crippen LogP contribution in [-0.4, -0.2) is 21.0 Å². The van der Waals surface area contributed by atoms with Crippen molar-refractivity contribution in [3.63, 3.8) is 0 Å². The van der Waals surface area contributed by atoms with Gasteiger partial charge in [-0.1, -0.05) is 76.3 Å². The average molecular weight is 399 g/mol. The Kier molecular flexibility index (Phi) is 4.05. The van der Waals surface area contributed by atoms with Gasteiger partial charge in [-0.3, -0.25) is 0 Å². The molecule has 4 saturated carbocycles. The SMILES string of the molecule is CC1CCC2C(C1)C1SSC3C4CCCC(C)C4C4SSC2C4C13. The van der Waals surface area contributed by atoms with Crippen LogP contribution in [-0.2, 0) is 0 Å². The number of rotatable bonds is 0. The van der Waals surface area contributed by atoms with Crippen LogP contribution in [0.4, 0.5) is 0 Å². The molecule has 0 spiro atoms. The molecule has 6 rings (SSSR count). The van der Waals surface area contributed by atoms with Crippen LogP contribution in [0.3, 0.4) is 0 Å². The predicted octanol–water partition coefficient (Wildman–Crippen LogP) is 6.62. The highest BCUT2D eigenvalue weighted by Gasteiger charge is 2.67. The first kappa shape index (κ1) is 16.4. The molecular formula is C20H30S4. The third-order valence-corrected chi connectivity index (χ3v) is 15.8. The van der Waals surface area contributed by atoms with Crippen LogP contribution in [0.1, 0.15) is 52.4 Å². The lowest BCUT2D eigenvalue weighted by molar-refractivity contribution is 0.00115. The molecule has 0 aromatic rings. The van der Waals surface area contributed by atoms with Crippen LogP contribution in [0.5, 0.6) is 0 Å². The first-order valence-corrected chi connectivity index (χ1v) is 14.9. The van der Waals surface area contributed by atoms with E-state index >= 15 is 0 Å². The summed E-state index contributed by atoms with van der Waals surface area (Å²) in [5, 5.41) is 4.09. The maximum atomic E-state index is 2.61. The zero-order chi connectivity index (χ0) is 16.0. The second kappa shape index (κ2) is 5.95. The van der Waals surface area contributed by atoms with Gasteiger partial charge in [0.25, 0.3) is 0 Å². The minimum atomic E-state index is 0.994. The van der Waals surface area contributed by atoms with Gasteiger partial charge in [0.15, 0.2) is 0 Å². The summed E-state index contributed by atoms with van der Waals surface area (Å²) in [5.41, 5.74) is 0. The highest BCUT2D eigenvalue weighted by molar-refractivity contribution is 8.78. The van der Waals surface area contributed by atoms with Gasteiger partial charge in [-0.2, -0.15) is 0 Å². The molecule has 2 aliphatic heterocycles. The molecule has 12 unspecified atom stereocenters. The molecule has 12 atom stereocenters. The molecule has 0 aromatic heterocycles. The van der Waals surface area contributed by atoms with Crippen molar-refractivity contribution in [3.8, 4) is 0 Å².